The number of carbonyl (C=O) groups is 1. The van der Waals surface area contributed by atoms with E-state index in [0.29, 0.717) is 15.8 Å². The minimum Gasteiger partial charge on any atom is -0.494 e. The maximum absolute atomic E-state index is 11.7. The number of para-hydroxylation sites is 1. The van der Waals surface area contributed by atoms with Crippen molar-refractivity contribution in [1.82, 2.24) is 20.2 Å². The lowest BCUT2D eigenvalue weighted by molar-refractivity contribution is -0.388. The maximum Gasteiger partial charge on any atom is 0.419 e. The van der Waals surface area contributed by atoms with E-state index in [0.717, 1.165) is 13.2 Å². The van der Waals surface area contributed by atoms with Crippen LogP contribution in [0, 0.1) is 10.1 Å². The Balaban J connectivity index is 2.17. The van der Waals surface area contributed by atoms with Gasteiger partial charge in [-0.25, -0.2) is 9.69 Å². The van der Waals surface area contributed by atoms with Gasteiger partial charge in [0.05, 0.1) is 23.8 Å². The van der Waals surface area contributed by atoms with Crippen LogP contribution in [0.25, 0.3) is 5.69 Å². The quantitative estimate of drug-likeness (QED) is 0.324. The van der Waals surface area contributed by atoms with Gasteiger partial charge in [-0.05, 0) is 23.4 Å². The highest BCUT2D eigenvalue weighted by atomic mass is 32.2. The van der Waals surface area contributed by atoms with Crippen molar-refractivity contribution in [1.29, 1.82) is 0 Å². The zero-order valence-electron chi connectivity index (χ0n) is 15.0. The van der Waals surface area contributed by atoms with Gasteiger partial charge in [-0.1, -0.05) is 23.3 Å². The van der Waals surface area contributed by atoms with Crippen LogP contribution in [0.3, 0.4) is 0 Å². The summed E-state index contributed by atoms with van der Waals surface area (Å²) in [6, 6.07) is 9.29. The minimum atomic E-state index is -4.99. The van der Waals surface area contributed by atoms with Crippen LogP contribution in [0.15, 0.2) is 47.4 Å². The Kier molecular flexibility index (Phi) is 5.31. The summed E-state index contributed by atoms with van der Waals surface area (Å²) in [7, 11) is -3.84. The number of carboxylic acid groups (broad SMARTS) is 1. The first-order valence-electron chi connectivity index (χ1n) is 7.86. The molecule has 1 amide bonds. The average Bonchev–Trinajstić information content (AvgIpc) is 3.16. The first-order valence-corrected chi connectivity index (χ1v) is 9.30. The molecule has 3 rings (SSSR count). The van der Waals surface area contributed by atoms with Gasteiger partial charge in [0.15, 0.2) is 10.6 Å². The standard InChI is InChI=1S/C15H12N6O8S/c1-29-12-7-11(21(24)25)13(30(26,27)28)8-10(12)20-17-14(16-18-20)19(15(22)23)9-5-3-2-4-6-9/h2-8H,1H3,(H,22,23)(H,26,27,28). The molecule has 14 nitrogen and oxygen atoms in total. The largest absolute Gasteiger partial charge is 0.494 e. The number of nitro groups is 1. The summed E-state index contributed by atoms with van der Waals surface area (Å²) < 4.78 is 37.5. The van der Waals surface area contributed by atoms with Gasteiger partial charge in [-0.2, -0.15) is 8.42 Å². The number of amides is 1. The van der Waals surface area contributed by atoms with Gasteiger partial charge >= 0.3 is 16.2 Å². The highest BCUT2D eigenvalue weighted by Crippen LogP contribution is 2.34. The van der Waals surface area contributed by atoms with E-state index >= 15 is 0 Å². The summed E-state index contributed by atoms with van der Waals surface area (Å²) in [6.07, 6.45) is -1.42. The van der Waals surface area contributed by atoms with E-state index in [1.807, 2.05) is 0 Å². The van der Waals surface area contributed by atoms with Crippen LogP contribution < -0.4 is 9.64 Å². The molecule has 0 saturated heterocycles. The van der Waals surface area contributed by atoms with Crippen LogP contribution in [-0.4, -0.2) is 56.4 Å². The van der Waals surface area contributed by atoms with Gasteiger partial charge < -0.3 is 9.84 Å². The predicted molar refractivity (Wildman–Crippen MR) is 98.8 cm³/mol. The molecule has 15 heteroatoms. The molecule has 0 unspecified atom stereocenters. The summed E-state index contributed by atoms with van der Waals surface area (Å²) in [5.74, 6) is -0.609. The molecule has 2 aromatic carbocycles. The number of benzene rings is 2. The van der Waals surface area contributed by atoms with Crippen LogP contribution in [0.1, 0.15) is 0 Å². The fourth-order valence-electron chi connectivity index (χ4n) is 2.49. The van der Waals surface area contributed by atoms with Gasteiger partial charge in [-0.3, -0.25) is 14.7 Å². The van der Waals surface area contributed by atoms with Gasteiger partial charge in [0.1, 0.15) is 5.69 Å². The molecule has 3 aromatic rings. The highest BCUT2D eigenvalue weighted by molar-refractivity contribution is 7.86. The molecule has 1 aromatic heterocycles. The summed E-state index contributed by atoms with van der Waals surface area (Å²) >= 11 is 0. The molecule has 0 bridgehead atoms. The van der Waals surface area contributed by atoms with E-state index in [9.17, 15) is 33.0 Å². The number of hydrogen-bond donors (Lipinski definition) is 2. The third kappa shape index (κ3) is 3.87. The zero-order valence-corrected chi connectivity index (χ0v) is 15.8. The van der Waals surface area contributed by atoms with Crippen LogP contribution in [0.5, 0.6) is 5.75 Å². The number of ether oxygens (including phenoxy) is 1. The second-order valence-corrected chi connectivity index (χ2v) is 6.95. The van der Waals surface area contributed by atoms with E-state index in [-0.39, 0.29) is 23.1 Å². The van der Waals surface area contributed by atoms with Crippen LogP contribution in [0.4, 0.5) is 22.1 Å². The Morgan fingerprint density at radius 2 is 1.93 bits per heavy atom. The van der Waals surface area contributed by atoms with Gasteiger partial charge in [0.25, 0.3) is 11.6 Å². The average molecular weight is 436 g/mol. The number of rotatable bonds is 6. The molecule has 30 heavy (non-hydrogen) atoms. The number of hydrogen-bond acceptors (Lipinski definition) is 9. The molecule has 0 aliphatic heterocycles. The highest BCUT2D eigenvalue weighted by Gasteiger charge is 2.29. The number of tetrazole rings is 1. The van der Waals surface area contributed by atoms with Crippen LogP contribution in [-0.2, 0) is 10.1 Å². The van der Waals surface area contributed by atoms with E-state index in [1.54, 1.807) is 18.2 Å². The fraction of sp³-hybridized carbons (Fsp3) is 0.0667. The second kappa shape index (κ2) is 7.72. The smallest absolute Gasteiger partial charge is 0.419 e. The minimum absolute atomic E-state index is 0.207. The monoisotopic (exact) mass is 436 g/mol. The number of aromatic nitrogens is 4. The van der Waals surface area contributed by atoms with Crippen molar-refractivity contribution in [2.24, 2.45) is 0 Å². The van der Waals surface area contributed by atoms with Crippen LogP contribution in [0.2, 0.25) is 0 Å². The van der Waals surface area contributed by atoms with Crippen LogP contribution >= 0.6 is 0 Å². The molecule has 0 aliphatic carbocycles. The summed E-state index contributed by atoms with van der Waals surface area (Å²) in [5.41, 5.74) is -0.971. The van der Waals surface area contributed by atoms with E-state index in [4.69, 9.17) is 4.74 Å². The van der Waals surface area contributed by atoms with E-state index < -0.39 is 31.7 Å². The van der Waals surface area contributed by atoms with Crippen molar-refractivity contribution in [2.45, 2.75) is 4.90 Å². The van der Waals surface area contributed by atoms with Crippen molar-refractivity contribution >= 4 is 33.5 Å². The lowest BCUT2D eigenvalue weighted by atomic mass is 10.2. The van der Waals surface area contributed by atoms with E-state index in [1.165, 1.54) is 12.1 Å². The molecule has 2 N–H and O–H groups in total. The lowest BCUT2D eigenvalue weighted by Gasteiger charge is -2.14. The van der Waals surface area contributed by atoms with Gasteiger partial charge in [-0.15, -0.1) is 9.90 Å². The Hall–Kier alpha value is -4.11. The maximum atomic E-state index is 11.7. The fourth-order valence-corrected chi connectivity index (χ4v) is 3.15. The van der Waals surface area contributed by atoms with Crippen molar-refractivity contribution in [3.63, 3.8) is 0 Å². The molecular formula is C15H12N6O8S. The SMILES string of the molecule is COc1cc([N+](=O)[O-])c(S(=O)(=O)O)cc1-n1nnc(N(C(=O)O)c2ccccc2)n1. The Morgan fingerprint density at radius 3 is 2.47 bits per heavy atom. The van der Waals surface area contributed by atoms with Crippen molar-refractivity contribution in [3.05, 3.63) is 52.6 Å². The number of methoxy groups -OCH3 is 1. The molecule has 1 heterocycles. The van der Waals surface area contributed by atoms with E-state index in [2.05, 4.69) is 15.4 Å². The number of anilines is 2. The summed E-state index contributed by atoms with van der Waals surface area (Å²) in [4.78, 5) is 22.2. The molecule has 0 saturated carbocycles. The first kappa shape index (κ1) is 20.6. The zero-order chi connectivity index (χ0) is 22.1. The molecule has 0 radical (unpaired) electrons. The summed E-state index contributed by atoms with van der Waals surface area (Å²) in [5, 5.41) is 31.9. The van der Waals surface area contributed by atoms with Crippen molar-refractivity contribution in [2.75, 3.05) is 12.0 Å². The summed E-state index contributed by atoms with van der Waals surface area (Å²) in [6.45, 7) is 0. The van der Waals surface area contributed by atoms with Gasteiger partial charge in [0.2, 0.25) is 0 Å². The predicted octanol–water partition coefficient (Wildman–Crippen LogP) is 1.64. The normalized spacial score (nSPS) is 11.1. The molecule has 0 atom stereocenters. The molecular weight excluding hydrogens is 424 g/mol. The third-order valence-corrected chi connectivity index (χ3v) is 4.64. The lowest BCUT2D eigenvalue weighted by Crippen LogP contribution is -2.25. The Bertz CT molecular complexity index is 1230. The topological polar surface area (TPSA) is 191 Å². The molecule has 0 fully saturated rings. The number of nitrogens with zero attached hydrogens (tertiary/aromatic N) is 6. The Labute approximate surface area is 167 Å². The molecule has 0 aliphatic rings. The third-order valence-electron chi connectivity index (χ3n) is 3.76. The van der Waals surface area contributed by atoms with Gasteiger partial charge in [0, 0.05) is 0 Å². The van der Waals surface area contributed by atoms with Crippen molar-refractivity contribution in [3.8, 4) is 11.4 Å². The Morgan fingerprint density at radius 1 is 1.27 bits per heavy atom. The number of nitro benzene ring substituents is 1. The molecule has 0 spiro atoms. The second-order valence-electron chi connectivity index (χ2n) is 5.56. The molecule has 156 valence electrons. The van der Waals surface area contributed by atoms with Crippen molar-refractivity contribution < 1.29 is 32.5 Å². The first-order chi connectivity index (χ1) is 14.1.